The molecule has 25 heavy (non-hydrogen) atoms. The van der Waals surface area contributed by atoms with E-state index in [2.05, 4.69) is 12.2 Å². The topological polar surface area (TPSA) is 58.6 Å². The fourth-order valence-corrected chi connectivity index (χ4v) is 4.20. The number of aliphatic hydroxyl groups is 1. The first-order chi connectivity index (χ1) is 12.0. The molecule has 1 aliphatic carbocycles. The third kappa shape index (κ3) is 4.83. The van der Waals surface area contributed by atoms with E-state index in [4.69, 9.17) is 4.74 Å². The van der Waals surface area contributed by atoms with Crippen LogP contribution in [0.15, 0.2) is 30.3 Å². The van der Waals surface area contributed by atoms with E-state index in [1.807, 2.05) is 37.3 Å². The highest BCUT2D eigenvalue weighted by Crippen LogP contribution is 2.32. The molecule has 0 fully saturated rings. The number of aliphatic hydroxyl groups excluding tert-OH is 1. The highest BCUT2D eigenvalue weighted by atomic mass is 32.1. The van der Waals surface area contributed by atoms with E-state index >= 15 is 0 Å². The summed E-state index contributed by atoms with van der Waals surface area (Å²) >= 11 is 1.58. The summed E-state index contributed by atoms with van der Waals surface area (Å²) in [5, 5.41) is 12.8. The summed E-state index contributed by atoms with van der Waals surface area (Å²) in [7, 11) is 0. The van der Waals surface area contributed by atoms with Gasteiger partial charge in [0, 0.05) is 11.4 Å². The molecule has 0 saturated carbocycles. The van der Waals surface area contributed by atoms with Gasteiger partial charge >= 0.3 is 0 Å². The predicted octanol–water partition coefficient (Wildman–Crippen LogP) is 3.35. The second kappa shape index (κ2) is 8.02. The van der Waals surface area contributed by atoms with E-state index < -0.39 is 6.10 Å². The summed E-state index contributed by atoms with van der Waals surface area (Å²) in [4.78, 5) is 14.4. The molecule has 2 atom stereocenters. The molecular weight excluding hydrogens is 334 g/mol. The number of hydrogen-bond donors (Lipinski definition) is 2. The number of carbonyl (C=O) groups excluding carboxylic acids is 1. The summed E-state index contributed by atoms with van der Waals surface area (Å²) in [6.07, 6.45) is 2.59. The van der Waals surface area contributed by atoms with E-state index in [-0.39, 0.29) is 19.1 Å². The lowest BCUT2D eigenvalue weighted by Gasteiger charge is -2.16. The molecule has 2 aromatic rings. The first-order valence-electron chi connectivity index (χ1n) is 8.78. The van der Waals surface area contributed by atoms with Gasteiger partial charge in [-0.3, -0.25) is 4.79 Å². The second-order valence-corrected chi connectivity index (χ2v) is 8.04. The summed E-state index contributed by atoms with van der Waals surface area (Å²) in [5.74, 6) is 1.31. The monoisotopic (exact) mass is 359 g/mol. The maximum atomic E-state index is 12.3. The van der Waals surface area contributed by atoms with Crippen molar-refractivity contribution >= 4 is 17.2 Å². The normalized spacial score (nSPS) is 17.6. The van der Waals surface area contributed by atoms with Crippen LogP contribution >= 0.6 is 11.3 Å². The van der Waals surface area contributed by atoms with Crippen molar-refractivity contribution in [2.75, 3.05) is 13.2 Å². The number of rotatable bonds is 6. The SMILES string of the molecule is Cc1cccc(OC[C@@H](O)CNC(=O)c2cc3c(s2)CC[C@@H](C)C3)c1. The lowest BCUT2D eigenvalue weighted by atomic mass is 9.90. The van der Waals surface area contributed by atoms with Crippen molar-refractivity contribution in [2.24, 2.45) is 5.92 Å². The Hall–Kier alpha value is -1.85. The Balaban J connectivity index is 1.47. The van der Waals surface area contributed by atoms with Gasteiger partial charge in [-0.05, 0) is 61.4 Å². The van der Waals surface area contributed by atoms with Gasteiger partial charge in [-0.25, -0.2) is 0 Å². The summed E-state index contributed by atoms with van der Waals surface area (Å²) in [5.41, 5.74) is 2.42. The summed E-state index contributed by atoms with van der Waals surface area (Å²) in [6.45, 7) is 4.58. The first kappa shape index (κ1) is 18.0. The number of nitrogens with one attached hydrogen (secondary N) is 1. The summed E-state index contributed by atoms with van der Waals surface area (Å²) < 4.78 is 5.57. The quantitative estimate of drug-likeness (QED) is 0.831. The minimum absolute atomic E-state index is 0.110. The van der Waals surface area contributed by atoms with Crippen molar-refractivity contribution < 1.29 is 14.6 Å². The van der Waals surface area contributed by atoms with E-state index in [0.717, 1.165) is 29.0 Å². The third-order valence-electron chi connectivity index (χ3n) is 4.48. The highest BCUT2D eigenvalue weighted by Gasteiger charge is 2.21. The van der Waals surface area contributed by atoms with Crippen LogP contribution in [-0.4, -0.2) is 30.3 Å². The Morgan fingerprint density at radius 3 is 3.08 bits per heavy atom. The maximum Gasteiger partial charge on any atom is 0.261 e. The minimum atomic E-state index is -0.737. The molecule has 5 heteroatoms. The van der Waals surface area contributed by atoms with Gasteiger partial charge in [0.1, 0.15) is 18.5 Å². The zero-order valence-electron chi connectivity index (χ0n) is 14.7. The van der Waals surface area contributed by atoms with E-state index in [0.29, 0.717) is 5.92 Å². The van der Waals surface area contributed by atoms with Gasteiger partial charge in [-0.15, -0.1) is 11.3 Å². The van der Waals surface area contributed by atoms with Crippen molar-refractivity contribution in [1.29, 1.82) is 0 Å². The van der Waals surface area contributed by atoms with Crippen molar-refractivity contribution in [2.45, 2.75) is 39.2 Å². The van der Waals surface area contributed by atoms with Crippen LogP contribution in [0, 0.1) is 12.8 Å². The number of aryl methyl sites for hydroxylation is 2. The smallest absolute Gasteiger partial charge is 0.261 e. The van der Waals surface area contributed by atoms with Crippen LogP contribution in [0.25, 0.3) is 0 Å². The minimum Gasteiger partial charge on any atom is -0.491 e. The van der Waals surface area contributed by atoms with Crippen molar-refractivity contribution in [3.63, 3.8) is 0 Å². The number of fused-ring (bicyclic) bond motifs is 1. The van der Waals surface area contributed by atoms with Gasteiger partial charge in [-0.2, -0.15) is 0 Å². The lowest BCUT2D eigenvalue weighted by Crippen LogP contribution is -2.35. The molecule has 1 heterocycles. The van der Waals surface area contributed by atoms with E-state index in [1.165, 1.54) is 16.9 Å². The largest absolute Gasteiger partial charge is 0.491 e. The van der Waals surface area contributed by atoms with Crippen LogP contribution in [-0.2, 0) is 12.8 Å². The van der Waals surface area contributed by atoms with Crippen LogP contribution in [0.2, 0.25) is 0 Å². The molecule has 1 aromatic carbocycles. The van der Waals surface area contributed by atoms with Crippen LogP contribution < -0.4 is 10.1 Å². The number of ether oxygens (including phenoxy) is 1. The Kier molecular flexibility index (Phi) is 5.76. The Morgan fingerprint density at radius 1 is 1.44 bits per heavy atom. The van der Waals surface area contributed by atoms with Gasteiger partial charge in [0.25, 0.3) is 5.91 Å². The number of amides is 1. The van der Waals surface area contributed by atoms with E-state index in [9.17, 15) is 9.90 Å². The van der Waals surface area contributed by atoms with Crippen LogP contribution in [0.5, 0.6) is 5.75 Å². The van der Waals surface area contributed by atoms with Gasteiger partial charge in [-0.1, -0.05) is 19.1 Å². The highest BCUT2D eigenvalue weighted by molar-refractivity contribution is 7.14. The fourth-order valence-electron chi connectivity index (χ4n) is 3.07. The molecular formula is C20H25NO3S. The first-order valence-corrected chi connectivity index (χ1v) is 9.60. The van der Waals surface area contributed by atoms with Crippen molar-refractivity contribution in [1.82, 2.24) is 5.32 Å². The number of benzene rings is 1. The average molecular weight is 359 g/mol. The Bertz CT molecular complexity index is 740. The fraction of sp³-hybridized carbons (Fsp3) is 0.450. The van der Waals surface area contributed by atoms with Crippen LogP contribution in [0.4, 0.5) is 0 Å². The third-order valence-corrected chi connectivity index (χ3v) is 5.72. The van der Waals surface area contributed by atoms with Gasteiger partial charge in [0.2, 0.25) is 0 Å². The van der Waals surface area contributed by atoms with Crippen LogP contribution in [0.1, 0.15) is 39.0 Å². The molecule has 0 spiro atoms. The molecule has 1 aromatic heterocycles. The molecule has 0 unspecified atom stereocenters. The van der Waals surface area contributed by atoms with Crippen molar-refractivity contribution in [3.8, 4) is 5.75 Å². The molecule has 1 amide bonds. The Morgan fingerprint density at radius 2 is 2.28 bits per heavy atom. The van der Waals surface area contributed by atoms with E-state index in [1.54, 1.807) is 11.3 Å². The van der Waals surface area contributed by atoms with Gasteiger partial charge in [0.15, 0.2) is 0 Å². The number of hydrogen-bond acceptors (Lipinski definition) is 4. The number of carbonyl (C=O) groups is 1. The molecule has 0 bridgehead atoms. The predicted molar refractivity (Wildman–Crippen MR) is 101 cm³/mol. The second-order valence-electron chi connectivity index (χ2n) is 6.90. The van der Waals surface area contributed by atoms with Gasteiger partial charge < -0.3 is 15.2 Å². The van der Waals surface area contributed by atoms with Gasteiger partial charge in [0.05, 0.1) is 4.88 Å². The standard InChI is InChI=1S/C20H25NO3S/c1-13-4-3-5-17(9-13)24-12-16(22)11-21-20(23)19-10-15-8-14(2)6-7-18(15)25-19/h3-5,9-10,14,16,22H,6-8,11-12H2,1-2H3,(H,21,23)/t14-,16+/m1/s1. The molecule has 134 valence electrons. The molecule has 1 aliphatic rings. The Labute approximate surface area is 152 Å². The summed E-state index contributed by atoms with van der Waals surface area (Å²) in [6, 6.07) is 9.70. The number of thiophene rings is 1. The molecule has 3 rings (SSSR count). The maximum absolute atomic E-state index is 12.3. The zero-order valence-corrected chi connectivity index (χ0v) is 15.6. The molecule has 4 nitrogen and oxygen atoms in total. The zero-order chi connectivity index (χ0) is 17.8. The molecule has 0 aliphatic heterocycles. The van der Waals surface area contributed by atoms with Crippen LogP contribution in [0.3, 0.4) is 0 Å². The average Bonchev–Trinajstić information content (AvgIpc) is 3.01. The molecule has 2 N–H and O–H groups in total. The molecule has 0 saturated heterocycles. The van der Waals surface area contributed by atoms with Crippen molar-refractivity contribution in [3.05, 3.63) is 51.2 Å². The molecule has 0 radical (unpaired) electrons. The lowest BCUT2D eigenvalue weighted by molar-refractivity contribution is 0.0847.